The number of carbonyl (C=O) groups is 1. The van der Waals surface area contributed by atoms with Gasteiger partial charge in [0.25, 0.3) is 5.91 Å². The summed E-state index contributed by atoms with van der Waals surface area (Å²) >= 11 is 0. The van der Waals surface area contributed by atoms with Gasteiger partial charge in [0.1, 0.15) is 17.3 Å². The Bertz CT molecular complexity index is 498. The van der Waals surface area contributed by atoms with E-state index >= 15 is 0 Å². The van der Waals surface area contributed by atoms with E-state index in [4.69, 9.17) is 0 Å². The quantitative estimate of drug-likeness (QED) is 0.898. The van der Waals surface area contributed by atoms with Crippen LogP contribution in [0.15, 0.2) is 12.1 Å². The predicted octanol–water partition coefficient (Wildman–Crippen LogP) is 1.78. The Hall–Kier alpha value is -1.69. The lowest BCUT2D eigenvalue weighted by Gasteiger charge is -2.37. The number of piperazine rings is 1. The van der Waals surface area contributed by atoms with E-state index < -0.39 is 11.6 Å². The Balaban J connectivity index is 2.21. The van der Waals surface area contributed by atoms with Crippen molar-refractivity contribution in [1.82, 2.24) is 9.80 Å². The van der Waals surface area contributed by atoms with E-state index in [0.717, 1.165) is 18.7 Å². The highest BCUT2D eigenvalue weighted by molar-refractivity contribution is 5.94. The van der Waals surface area contributed by atoms with Crippen LogP contribution in [0, 0.1) is 11.6 Å². The van der Waals surface area contributed by atoms with Gasteiger partial charge in [-0.1, -0.05) is 0 Å². The van der Waals surface area contributed by atoms with Gasteiger partial charge in [-0.05, 0) is 26.1 Å². The van der Waals surface area contributed by atoms with Gasteiger partial charge in [0.05, 0.1) is 0 Å². The zero-order valence-electron chi connectivity index (χ0n) is 11.9. The fourth-order valence-corrected chi connectivity index (χ4v) is 2.35. The standard InChI is InChI=1S/C14H19F2N3O/c1-9-8-19(5-4-18(9)3)14(20)10-6-11(15)13(17-2)12(16)7-10/h6-7,9,17H,4-5,8H2,1-3H3. The second kappa shape index (κ2) is 5.75. The van der Waals surface area contributed by atoms with Crippen LogP contribution in [0.4, 0.5) is 14.5 Å². The molecular formula is C14H19F2N3O. The summed E-state index contributed by atoms with van der Waals surface area (Å²) in [6, 6.07) is 2.40. The molecule has 1 atom stereocenters. The van der Waals surface area contributed by atoms with Crippen LogP contribution in [-0.2, 0) is 0 Å². The molecule has 1 aromatic carbocycles. The number of hydrogen-bond acceptors (Lipinski definition) is 3. The third kappa shape index (κ3) is 2.75. The van der Waals surface area contributed by atoms with E-state index in [1.165, 1.54) is 7.05 Å². The molecule has 1 amide bonds. The highest BCUT2D eigenvalue weighted by atomic mass is 19.1. The van der Waals surface area contributed by atoms with Gasteiger partial charge in [0.15, 0.2) is 0 Å². The highest BCUT2D eigenvalue weighted by Crippen LogP contribution is 2.21. The summed E-state index contributed by atoms with van der Waals surface area (Å²) in [5, 5.41) is 2.44. The number of nitrogens with one attached hydrogen (secondary N) is 1. The molecule has 0 spiro atoms. The first-order valence-electron chi connectivity index (χ1n) is 6.60. The lowest BCUT2D eigenvalue weighted by atomic mass is 10.1. The Morgan fingerprint density at radius 2 is 1.90 bits per heavy atom. The van der Waals surface area contributed by atoms with E-state index in [2.05, 4.69) is 10.2 Å². The number of anilines is 1. The van der Waals surface area contributed by atoms with Gasteiger partial charge >= 0.3 is 0 Å². The number of amides is 1. The average Bonchev–Trinajstić information content (AvgIpc) is 2.40. The largest absolute Gasteiger partial charge is 0.383 e. The maximum Gasteiger partial charge on any atom is 0.254 e. The molecule has 0 saturated carbocycles. The molecule has 1 unspecified atom stereocenters. The second-order valence-electron chi connectivity index (χ2n) is 5.15. The Labute approximate surface area is 117 Å². The Morgan fingerprint density at radius 1 is 1.30 bits per heavy atom. The molecule has 2 rings (SSSR count). The third-order valence-electron chi connectivity index (χ3n) is 3.79. The van der Waals surface area contributed by atoms with Crippen molar-refractivity contribution in [2.45, 2.75) is 13.0 Å². The van der Waals surface area contributed by atoms with Gasteiger partial charge < -0.3 is 15.1 Å². The normalized spacial score (nSPS) is 20.1. The third-order valence-corrected chi connectivity index (χ3v) is 3.79. The predicted molar refractivity (Wildman–Crippen MR) is 73.9 cm³/mol. The summed E-state index contributed by atoms with van der Waals surface area (Å²) in [6.45, 7) is 3.90. The van der Waals surface area contributed by atoms with E-state index in [0.29, 0.717) is 13.1 Å². The fraction of sp³-hybridized carbons (Fsp3) is 0.500. The van der Waals surface area contributed by atoms with Gasteiger partial charge in [-0.3, -0.25) is 4.79 Å². The summed E-state index contributed by atoms with van der Waals surface area (Å²) in [7, 11) is 3.43. The Kier molecular flexibility index (Phi) is 4.23. The molecule has 6 heteroatoms. The van der Waals surface area contributed by atoms with E-state index in [1.807, 2.05) is 14.0 Å². The Morgan fingerprint density at radius 3 is 2.40 bits per heavy atom. The molecule has 1 N–H and O–H groups in total. The maximum absolute atomic E-state index is 13.7. The molecule has 20 heavy (non-hydrogen) atoms. The molecule has 0 radical (unpaired) electrons. The van der Waals surface area contributed by atoms with Crippen LogP contribution in [0.1, 0.15) is 17.3 Å². The van der Waals surface area contributed by atoms with Crippen molar-refractivity contribution in [3.05, 3.63) is 29.3 Å². The number of carbonyl (C=O) groups excluding carboxylic acids is 1. The van der Waals surface area contributed by atoms with Crippen LogP contribution in [-0.4, -0.2) is 55.5 Å². The lowest BCUT2D eigenvalue weighted by Crippen LogP contribution is -2.52. The molecule has 1 fully saturated rings. The van der Waals surface area contributed by atoms with E-state index in [-0.39, 0.29) is 23.2 Å². The second-order valence-corrected chi connectivity index (χ2v) is 5.15. The highest BCUT2D eigenvalue weighted by Gasteiger charge is 2.26. The first-order chi connectivity index (χ1) is 9.43. The average molecular weight is 283 g/mol. The lowest BCUT2D eigenvalue weighted by molar-refractivity contribution is 0.0571. The number of nitrogens with zero attached hydrogens (tertiary/aromatic N) is 2. The van der Waals surface area contributed by atoms with Crippen LogP contribution in [0.3, 0.4) is 0 Å². The van der Waals surface area contributed by atoms with Crippen molar-refractivity contribution in [3.8, 4) is 0 Å². The summed E-state index contributed by atoms with van der Waals surface area (Å²) in [5.41, 5.74) is -0.163. The van der Waals surface area contributed by atoms with Crippen LogP contribution in [0.2, 0.25) is 0 Å². The number of rotatable bonds is 2. The molecule has 4 nitrogen and oxygen atoms in total. The number of likely N-dealkylation sites (N-methyl/N-ethyl adjacent to an activating group) is 1. The smallest absolute Gasteiger partial charge is 0.254 e. The van der Waals surface area contributed by atoms with Crippen LogP contribution < -0.4 is 5.32 Å². The van der Waals surface area contributed by atoms with Crippen LogP contribution in [0.5, 0.6) is 0 Å². The summed E-state index contributed by atoms with van der Waals surface area (Å²) in [6.07, 6.45) is 0. The van der Waals surface area contributed by atoms with Gasteiger partial charge in [0.2, 0.25) is 0 Å². The van der Waals surface area contributed by atoms with Crippen molar-refractivity contribution in [1.29, 1.82) is 0 Å². The molecule has 0 bridgehead atoms. The van der Waals surface area contributed by atoms with E-state index in [9.17, 15) is 13.6 Å². The van der Waals surface area contributed by atoms with Crippen molar-refractivity contribution in [3.63, 3.8) is 0 Å². The molecule has 0 aromatic heterocycles. The first kappa shape index (κ1) is 14.7. The monoisotopic (exact) mass is 283 g/mol. The van der Waals surface area contributed by atoms with Gasteiger partial charge in [-0.15, -0.1) is 0 Å². The maximum atomic E-state index is 13.7. The minimum absolute atomic E-state index is 0.0516. The summed E-state index contributed by atoms with van der Waals surface area (Å²) in [4.78, 5) is 16.1. The van der Waals surface area contributed by atoms with Crippen LogP contribution >= 0.6 is 0 Å². The van der Waals surface area contributed by atoms with E-state index in [1.54, 1.807) is 4.90 Å². The molecule has 1 aliphatic heterocycles. The van der Waals surface area contributed by atoms with Crippen LogP contribution in [0.25, 0.3) is 0 Å². The SMILES string of the molecule is CNc1c(F)cc(C(=O)N2CCN(C)C(C)C2)cc1F. The van der Waals surface area contributed by atoms with Crippen molar-refractivity contribution in [2.75, 3.05) is 39.0 Å². The van der Waals surface area contributed by atoms with Crippen molar-refractivity contribution < 1.29 is 13.6 Å². The molecule has 110 valence electrons. The summed E-state index contributed by atoms with van der Waals surface area (Å²) < 4.78 is 27.4. The topological polar surface area (TPSA) is 35.6 Å². The molecule has 1 aliphatic rings. The minimum Gasteiger partial charge on any atom is -0.383 e. The van der Waals surface area contributed by atoms with Crippen molar-refractivity contribution in [2.24, 2.45) is 0 Å². The molecule has 1 saturated heterocycles. The first-order valence-corrected chi connectivity index (χ1v) is 6.60. The number of halogens is 2. The number of hydrogen-bond donors (Lipinski definition) is 1. The van der Waals surface area contributed by atoms with Crippen molar-refractivity contribution >= 4 is 11.6 Å². The van der Waals surface area contributed by atoms with Gasteiger partial charge in [0, 0.05) is 38.3 Å². The van der Waals surface area contributed by atoms with Gasteiger partial charge in [-0.2, -0.15) is 0 Å². The summed E-state index contributed by atoms with van der Waals surface area (Å²) in [5.74, 6) is -1.83. The molecular weight excluding hydrogens is 264 g/mol. The molecule has 1 heterocycles. The number of benzene rings is 1. The molecule has 1 aromatic rings. The fourth-order valence-electron chi connectivity index (χ4n) is 2.35. The zero-order valence-corrected chi connectivity index (χ0v) is 11.9. The minimum atomic E-state index is -0.752. The zero-order chi connectivity index (χ0) is 14.9. The van der Waals surface area contributed by atoms with Gasteiger partial charge in [-0.25, -0.2) is 8.78 Å². The molecule has 0 aliphatic carbocycles.